The molecule has 8 heteroatoms. The molecular weight excluding hydrogens is 374 g/mol. The van der Waals surface area contributed by atoms with Gasteiger partial charge in [-0.2, -0.15) is 0 Å². The highest BCUT2D eigenvalue weighted by Gasteiger charge is 2.22. The van der Waals surface area contributed by atoms with E-state index in [9.17, 15) is 19.5 Å². The molecule has 27 heavy (non-hydrogen) atoms. The van der Waals surface area contributed by atoms with Gasteiger partial charge >= 0.3 is 11.6 Å². The molecule has 0 saturated heterocycles. The predicted octanol–water partition coefficient (Wildman–Crippen LogP) is 3.07. The molecule has 0 bridgehead atoms. The van der Waals surface area contributed by atoms with Crippen molar-refractivity contribution in [3.8, 4) is 5.75 Å². The first-order valence-electron chi connectivity index (χ1n) is 8.60. The Morgan fingerprint density at radius 1 is 1.37 bits per heavy atom. The lowest BCUT2D eigenvalue weighted by Gasteiger charge is -2.15. The van der Waals surface area contributed by atoms with Gasteiger partial charge in [0.1, 0.15) is 17.4 Å². The quantitative estimate of drug-likeness (QED) is 0.665. The zero-order chi connectivity index (χ0) is 20.1. The van der Waals surface area contributed by atoms with Gasteiger partial charge in [-0.25, -0.2) is 9.59 Å². The average Bonchev–Trinajstić information content (AvgIpc) is 2.62. The summed E-state index contributed by atoms with van der Waals surface area (Å²) in [5.74, 6) is -1.27. The number of aliphatic carboxylic acids is 1. The molecule has 146 valence electrons. The van der Waals surface area contributed by atoms with Crippen molar-refractivity contribution in [2.75, 3.05) is 7.11 Å². The van der Waals surface area contributed by atoms with E-state index in [1.54, 1.807) is 13.0 Å². The van der Waals surface area contributed by atoms with Crippen LogP contribution in [0.2, 0.25) is 5.02 Å². The standard InChI is InChI=1S/C19H22ClNO6/c1-4-5-6-14(18(23)24)21-17(22)8-12-10(2)11-7-13(20)16(26-3)9-15(11)27-19(12)25/h7,9,14H,4-6,8H2,1-3H3,(H,21,22)(H,23,24)/t14-/m1/s1. The van der Waals surface area contributed by atoms with E-state index in [1.165, 1.54) is 13.2 Å². The molecule has 7 nitrogen and oxygen atoms in total. The molecule has 2 rings (SSSR count). The number of nitrogens with one attached hydrogen (secondary N) is 1. The van der Waals surface area contributed by atoms with Crippen LogP contribution in [0.4, 0.5) is 0 Å². The van der Waals surface area contributed by atoms with Gasteiger partial charge in [0.25, 0.3) is 0 Å². The SMILES string of the molecule is CCCC[C@@H](NC(=O)Cc1c(C)c2cc(Cl)c(OC)cc2oc1=O)C(=O)O. The van der Waals surface area contributed by atoms with E-state index in [2.05, 4.69) is 5.32 Å². The minimum Gasteiger partial charge on any atom is -0.495 e. The largest absolute Gasteiger partial charge is 0.495 e. The van der Waals surface area contributed by atoms with E-state index >= 15 is 0 Å². The maximum absolute atomic E-state index is 12.3. The lowest BCUT2D eigenvalue weighted by Crippen LogP contribution is -2.42. The van der Waals surface area contributed by atoms with Gasteiger partial charge in [0, 0.05) is 11.5 Å². The molecule has 0 aliphatic heterocycles. The Balaban J connectivity index is 2.31. The summed E-state index contributed by atoms with van der Waals surface area (Å²) in [4.78, 5) is 35.9. The zero-order valence-electron chi connectivity index (χ0n) is 15.4. The molecule has 1 amide bonds. The lowest BCUT2D eigenvalue weighted by molar-refractivity contribution is -0.142. The van der Waals surface area contributed by atoms with Gasteiger partial charge < -0.3 is 19.6 Å². The van der Waals surface area contributed by atoms with Gasteiger partial charge in [0.05, 0.1) is 24.1 Å². The number of hydrogen-bond acceptors (Lipinski definition) is 5. The number of carboxylic acid groups (broad SMARTS) is 1. The third-order valence-corrected chi connectivity index (χ3v) is 4.67. The number of carbonyl (C=O) groups is 2. The molecule has 0 aliphatic carbocycles. The molecule has 0 radical (unpaired) electrons. The van der Waals surface area contributed by atoms with E-state index in [0.29, 0.717) is 40.1 Å². The van der Waals surface area contributed by atoms with Crippen molar-refractivity contribution in [2.24, 2.45) is 0 Å². The molecule has 0 saturated carbocycles. The highest BCUT2D eigenvalue weighted by Crippen LogP contribution is 2.31. The van der Waals surface area contributed by atoms with Crippen LogP contribution in [0.15, 0.2) is 21.3 Å². The summed E-state index contributed by atoms with van der Waals surface area (Å²) in [6.45, 7) is 3.63. The Hall–Kier alpha value is -2.54. The fraction of sp³-hybridized carbons (Fsp3) is 0.421. The van der Waals surface area contributed by atoms with Crippen LogP contribution in [0.25, 0.3) is 11.0 Å². The number of ether oxygens (including phenoxy) is 1. The van der Waals surface area contributed by atoms with Crippen molar-refractivity contribution in [3.05, 3.63) is 38.7 Å². The van der Waals surface area contributed by atoms with E-state index in [1.807, 2.05) is 6.92 Å². The molecule has 0 fully saturated rings. The third-order valence-electron chi connectivity index (χ3n) is 4.38. The van der Waals surface area contributed by atoms with Crippen LogP contribution in [0.3, 0.4) is 0 Å². The number of benzene rings is 1. The number of unbranched alkanes of at least 4 members (excludes halogenated alkanes) is 1. The van der Waals surface area contributed by atoms with Crippen LogP contribution in [-0.4, -0.2) is 30.1 Å². The number of halogens is 1. The van der Waals surface area contributed by atoms with Crippen molar-refractivity contribution in [2.45, 2.75) is 45.6 Å². The lowest BCUT2D eigenvalue weighted by atomic mass is 10.0. The summed E-state index contributed by atoms with van der Waals surface area (Å²) in [6.07, 6.45) is 1.55. The second-order valence-corrected chi connectivity index (χ2v) is 6.66. The van der Waals surface area contributed by atoms with E-state index in [-0.39, 0.29) is 12.0 Å². The van der Waals surface area contributed by atoms with E-state index in [4.69, 9.17) is 20.8 Å². The van der Waals surface area contributed by atoms with Gasteiger partial charge in [-0.05, 0) is 25.0 Å². The van der Waals surface area contributed by atoms with Gasteiger partial charge in [-0.3, -0.25) is 4.79 Å². The maximum atomic E-state index is 12.3. The smallest absolute Gasteiger partial charge is 0.340 e. The fourth-order valence-corrected chi connectivity index (χ4v) is 3.06. The second kappa shape index (κ2) is 8.90. The van der Waals surface area contributed by atoms with Crippen LogP contribution < -0.4 is 15.7 Å². The maximum Gasteiger partial charge on any atom is 0.340 e. The zero-order valence-corrected chi connectivity index (χ0v) is 16.2. The van der Waals surface area contributed by atoms with Gasteiger partial charge in [-0.15, -0.1) is 0 Å². The summed E-state index contributed by atoms with van der Waals surface area (Å²) in [6, 6.07) is 2.14. The second-order valence-electron chi connectivity index (χ2n) is 6.25. The van der Waals surface area contributed by atoms with Crippen molar-refractivity contribution in [1.82, 2.24) is 5.32 Å². The van der Waals surface area contributed by atoms with Gasteiger partial charge in [0.15, 0.2) is 0 Å². The van der Waals surface area contributed by atoms with Crippen LogP contribution in [0.1, 0.15) is 37.3 Å². The molecule has 1 heterocycles. The molecule has 0 aliphatic rings. The number of amides is 1. The average molecular weight is 396 g/mol. The van der Waals surface area contributed by atoms with E-state index in [0.717, 1.165) is 6.42 Å². The third kappa shape index (κ3) is 4.80. The first kappa shape index (κ1) is 20.8. The highest BCUT2D eigenvalue weighted by atomic mass is 35.5. The summed E-state index contributed by atoms with van der Waals surface area (Å²) < 4.78 is 10.4. The molecule has 2 aromatic rings. The minimum absolute atomic E-state index is 0.167. The van der Waals surface area contributed by atoms with Crippen molar-refractivity contribution in [3.63, 3.8) is 0 Å². The van der Waals surface area contributed by atoms with Crippen molar-refractivity contribution < 1.29 is 23.8 Å². The molecule has 0 unspecified atom stereocenters. The Morgan fingerprint density at radius 2 is 2.07 bits per heavy atom. The summed E-state index contributed by atoms with van der Waals surface area (Å²) >= 11 is 6.14. The van der Waals surface area contributed by atoms with E-state index < -0.39 is 23.5 Å². The van der Waals surface area contributed by atoms with Crippen LogP contribution in [-0.2, 0) is 16.0 Å². The number of carboxylic acids is 1. The monoisotopic (exact) mass is 395 g/mol. The summed E-state index contributed by atoms with van der Waals surface area (Å²) in [7, 11) is 1.45. The fourth-order valence-electron chi connectivity index (χ4n) is 2.82. The Kier molecular flexibility index (Phi) is 6.85. The minimum atomic E-state index is -1.10. The van der Waals surface area contributed by atoms with Crippen LogP contribution in [0, 0.1) is 6.92 Å². The Bertz CT molecular complexity index is 921. The van der Waals surface area contributed by atoms with Crippen LogP contribution in [0.5, 0.6) is 5.75 Å². The number of carbonyl (C=O) groups excluding carboxylic acids is 1. The molecule has 1 atom stereocenters. The molecule has 2 N–H and O–H groups in total. The summed E-state index contributed by atoms with van der Waals surface area (Å²) in [5, 5.41) is 12.6. The van der Waals surface area contributed by atoms with Crippen LogP contribution >= 0.6 is 11.6 Å². The first-order chi connectivity index (χ1) is 12.8. The highest BCUT2D eigenvalue weighted by molar-refractivity contribution is 6.32. The number of rotatable bonds is 8. The number of methoxy groups -OCH3 is 1. The number of hydrogen-bond donors (Lipinski definition) is 2. The Labute approximate surface area is 161 Å². The van der Waals surface area contributed by atoms with Crippen molar-refractivity contribution >= 4 is 34.4 Å². The Morgan fingerprint density at radius 3 is 2.67 bits per heavy atom. The number of fused-ring (bicyclic) bond motifs is 1. The van der Waals surface area contributed by atoms with Crippen molar-refractivity contribution in [1.29, 1.82) is 0 Å². The topological polar surface area (TPSA) is 106 Å². The van der Waals surface area contributed by atoms with Gasteiger partial charge in [0.2, 0.25) is 5.91 Å². The first-order valence-corrected chi connectivity index (χ1v) is 8.98. The molecule has 0 spiro atoms. The normalized spacial score (nSPS) is 12.0. The molecular formula is C19H22ClNO6. The number of aryl methyl sites for hydroxylation is 1. The molecule has 1 aromatic heterocycles. The predicted molar refractivity (Wildman–Crippen MR) is 102 cm³/mol. The summed E-state index contributed by atoms with van der Waals surface area (Å²) in [5.41, 5.74) is 0.372. The molecule has 1 aromatic carbocycles. The van der Waals surface area contributed by atoms with Gasteiger partial charge in [-0.1, -0.05) is 31.4 Å².